The van der Waals surface area contributed by atoms with Gasteiger partial charge >= 0.3 is 0 Å². The van der Waals surface area contributed by atoms with Gasteiger partial charge in [0.15, 0.2) is 5.82 Å². The van der Waals surface area contributed by atoms with Crippen molar-refractivity contribution in [3.8, 4) is 0 Å². The number of fused-ring (bicyclic) bond motifs is 1. The molecule has 1 aliphatic rings. The quantitative estimate of drug-likeness (QED) is 0.776. The fourth-order valence-electron chi connectivity index (χ4n) is 3.17. The zero-order chi connectivity index (χ0) is 16.7. The molecule has 0 spiro atoms. The monoisotopic (exact) mass is 344 g/mol. The number of likely N-dealkylation sites (tertiary alicyclic amines) is 1. The topological polar surface area (TPSA) is 75.0 Å². The molecule has 3 aromatic rings. The molecule has 1 N–H and O–H groups in total. The molecule has 1 amide bonds. The van der Waals surface area contributed by atoms with Crippen molar-refractivity contribution < 1.29 is 9.32 Å². The first-order valence-electron chi connectivity index (χ1n) is 8.34. The molecule has 0 bridgehead atoms. The first-order valence-corrected chi connectivity index (χ1v) is 9.22. The molecule has 0 aromatic carbocycles. The molecule has 4 heterocycles. The van der Waals surface area contributed by atoms with E-state index in [1.165, 1.54) is 0 Å². The summed E-state index contributed by atoms with van der Waals surface area (Å²) in [6, 6.07) is 3.80. The highest BCUT2D eigenvalue weighted by molar-refractivity contribution is 7.17. The van der Waals surface area contributed by atoms with E-state index in [1.807, 2.05) is 36.3 Å². The molecule has 1 atom stereocenters. The second-order valence-corrected chi connectivity index (χ2v) is 7.48. The molecule has 126 valence electrons. The first-order chi connectivity index (χ1) is 11.6. The maximum Gasteiger partial charge on any atom is 0.271 e. The molecule has 0 saturated carbocycles. The lowest BCUT2D eigenvalue weighted by Crippen LogP contribution is -2.38. The molecular weight excluding hydrogens is 324 g/mol. The van der Waals surface area contributed by atoms with Crippen molar-refractivity contribution in [3.63, 3.8) is 0 Å². The lowest BCUT2D eigenvalue weighted by Gasteiger charge is -2.33. The summed E-state index contributed by atoms with van der Waals surface area (Å²) in [5.74, 6) is 1.47. The van der Waals surface area contributed by atoms with Crippen molar-refractivity contribution in [1.82, 2.24) is 20.0 Å². The van der Waals surface area contributed by atoms with Crippen LogP contribution in [-0.2, 0) is 0 Å². The van der Waals surface area contributed by atoms with Crippen molar-refractivity contribution in [2.24, 2.45) is 0 Å². The van der Waals surface area contributed by atoms with Gasteiger partial charge in [0, 0.05) is 12.5 Å². The molecule has 1 aliphatic heterocycles. The number of aromatic amines is 1. The van der Waals surface area contributed by atoms with Crippen LogP contribution in [0.5, 0.6) is 0 Å². The smallest absolute Gasteiger partial charge is 0.271 e. The highest BCUT2D eigenvalue weighted by Gasteiger charge is 2.33. The van der Waals surface area contributed by atoms with Crippen LogP contribution in [0.15, 0.2) is 22.0 Å². The Morgan fingerprint density at radius 2 is 2.33 bits per heavy atom. The van der Waals surface area contributed by atoms with Crippen LogP contribution in [0.2, 0.25) is 0 Å². The van der Waals surface area contributed by atoms with E-state index >= 15 is 0 Å². The summed E-state index contributed by atoms with van der Waals surface area (Å²) < 4.78 is 6.57. The van der Waals surface area contributed by atoms with Gasteiger partial charge in [-0.3, -0.25) is 4.79 Å². The van der Waals surface area contributed by atoms with Crippen molar-refractivity contribution in [3.05, 3.63) is 34.9 Å². The van der Waals surface area contributed by atoms with Crippen LogP contribution in [0.1, 0.15) is 67.3 Å². The Balaban J connectivity index is 1.63. The molecule has 0 unspecified atom stereocenters. The molecule has 0 radical (unpaired) electrons. The maximum atomic E-state index is 13.0. The molecule has 1 fully saturated rings. The fourth-order valence-corrected chi connectivity index (χ4v) is 3.95. The lowest BCUT2D eigenvalue weighted by atomic mass is 10.0. The van der Waals surface area contributed by atoms with Gasteiger partial charge in [0.05, 0.1) is 10.2 Å². The number of piperidine rings is 1. The Morgan fingerprint density at radius 1 is 1.46 bits per heavy atom. The number of nitrogens with zero attached hydrogens (tertiary/aromatic N) is 3. The zero-order valence-electron chi connectivity index (χ0n) is 13.8. The Hall–Kier alpha value is -2.15. The third kappa shape index (κ3) is 2.62. The van der Waals surface area contributed by atoms with Gasteiger partial charge in [0.25, 0.3) is 5.91 Å². The van der Waals surface area contributed by atoms with E-state index in [0.717, 1.165) is 36.0 Å². The normalized spacial score (nSPS) is 18.6. The molecule has 3 aromatic heterocycles. The molecule has 6 nitrogen and oxygen atoms in total. The molecule has 7 heteroatoms. The highest BCUT2D eigenvalue weighted by Crippen LogP contribution is 2.32. The predicted molar refractivity (Wildman–Crippen MR) is 92.2 cm³/mol. The Kier molecular flexibility index (Phi) is 3.88. The van der Waals surface area contributed by atoms with Crippen LogP contribution < -0.4 is 0 Å². The molecule has 0 aliphatic carbocycles. The van der Waals surface area contributed by atoms with E-state index in [1.54, 1.807) is 11.3 Å². The number of hydrogen-bond acceptors (Lipinski definition) is 5. The summed E-state index contributed by atoms with van der Waals surface area (Å²) in [5.41, 5.74) is 1.64. The van der Waals surface area contributed by atoms with Gasteiger partial charge < -0.3 is 14.4 Å². The minimum Gasteiger partial charge on any atom is -0.350 e. The summed E-state index contributed by atoms with van der Waals surface area (Å²) in [5, 5.41) is 6.07. The summed E-state index contributed by atoms with van der Waals surface area (Å²) in [7, 11) is 0. The first kappa shape index (κ1) is 15.4. The van der Waals surface area contributed by atoms with Gasteiger partial charge in [-0.1, -0.05) is 19.0 Å². The van der Waals surface area contributed by atoms with Crippen molar-refractivity contribution >= 4 is 27.5 Å². The summed E-state index contributed by atoms with van der Waals surface area (Å²) in [6.45, 7) is 4.78. The van der Waals surface area contributed by atoms with Gasteiger partial charge in [-0.05, 0) is 36.8 Å². The number of aromatic nitrogens is 3. The van der Waals surface area contributed by atoms with Crippen LogP contribution >= 0.6 is 11.3 Å². The summed E-state index contributed by atoms with van der Waals surface area (Å²) in [6.07, 6.45) is 2.93. The Bertz CT molecular complexity index is 834. The van der Waals surface area contributed by atoms with E-state index in [0.29, 0.717) is 17.4 Å². The Labute approximate surface area is 143 Å². The van der Waals surface area contributed by atoms with Crippen LogP contribution in [0.4, 0.5) is 0 Å². The average molecular weight is 344 g/mol. The zero-order valence-corrected chi connectivity index (χ0v) is 14.6. The van der Waals surface area contributed by atoms with Gasteiger partial charge in [-0.2, -0.15) is 4.98 Å². The number of carbonyl (C=O) groups excluding carboxylic acids is 1. The third-order valence-electron chi connectivity index (χ3n) is 4.49. The number of carbonyl (C=O) groups is 1. The highest BCUT2D eigenvalue weighted by atomic mass is 32.1. The Morgan fingerprint density at radius 3 is 3.08 bits per heavy atom. The maximum absolute atomic E-state index is 13.0. The summed E-state index contributed by atoms with van der Waals surface area (Å²) >= 11 is 1.63. The minimum atomic E-state index is -0.132. The second kappa shape index (κ2) is 6.05. The lowest BCUT2D eigenvalue weighted by molar-refractivity contribution is 0.0556. The van der Waals surface area contributed by atoms with E-state index in [4.69, 9.17) is 4.52 Å². The molecule has 4 rings (SSSR count). The molecule has 1 saturated heterocycles. The van der Waals surface area contributed by atoms with Crippen molar-refractivity contribution in [2.45, 2.75) is 45.1 Å². The number of amides is 1. The van der Waals surface area contributed by atoms with E-state index in [-0.39, 0.29) is 17.9 Å². The number of thiophene rings is 1. The van der Waals surface area contributed by atoms with Crippen LogP contribution in [-0.4, -0.2) is 32.5 Å². The third-order valence-corrected chi connectivity index (χ3v) is 5.36. The van der Waals surface area contributed by atoms with E-state index in [2.05, 4.69) is 15.1 Å². The van der Waals surface area contributed by atoms with Gasteiger partial charge in [0.1, 0.15) is 11.7 Å². The molecular formula is C17H20N4O2S. The van der Waals surface area contributed by atoms with Crippen LogP contribution in [0.25, 0.3) is 10.2 Å². The van der Waals surface area contributed by atoms with Gasteiger partial charge in [0.2, 0.25) is 5.89 Å². The minimum absolute atomic E-state index is 0.00685. The predicted octanol–water partition coefficient (Wildman–Crippen LogP) is 4.10. The van der Waals surface area contributed by atoms with Crippen LogP contribution in [0, 0.1) is 0 Å². The fraction of sp³-hybridized carbons (Fsp3) is 0.471. The number of nitrogens with one attached hydrogen (secondary N) is 1. The van der Waals surface area contributed by atoms with Crippen molar-refractivity contribution in [2.75, 3.05) is 6.54 Å². The van der Waals surface area contributed by atoms with E-state index in [9.17, 15) is 4.79 Å². The largest absolute Gasteiger partial charge is 0.350 e. The average Bonchev–Trinajstić information content (AvgIpc) is 3.29. The van der Waals surface area contributed by atoms with Gasteiger partial charge in [-0.15, -0.1) is 11.3 Å². The second-order valence-electron chi connectivity index (χ2n) is 6.54. The number of H-pyrrole nitrogens is 1. The van der Waals surface area contributed by atoms with Crippen molar-refractivity contribution in [1.29, 1.82) is 0 Å². The van der Waals surface area contributed by atoms with E-state index < -0.39 is 0 Å². The van der Waals surface area contributed by atoms with Gasteiger partial charge in [-0.25, -0.2) is 0 Å². The number of rotatable bonds is 3. The SMILES string of the molecule is CC(C)c1noc([C@@H]2CCCCN2C(=O)c2cc3sccc3[nH]2)n1. The standard InChI is InChI=1S/C17H20N4O2S/c1-10(2)15-19-16(23-20-15)13-5-3-4-7-21(13)17(22)12-9-14-11(18-12)6-8-24-14/h6,8-10,13,18H,3-5,7H2,1-2H3/t13-/m0/s1. The van der Waals surface area contributed by atoms with Crippen LogP contribution in [0.3, 0.4) is 0 Å². The number of hydrogen-bond donors (Lipinski definition) is 1. The summed E-state index contributed by atoms with van der Waals surface area (Å²) in [4.78, 5) is 22.6. The molecule has 24 heavy (non-hydrogen) atoms.